The van der Waals surface area contributed by atoms with E-state index in [0.29, 0.717) is 12.8 Å². The molecule has 0 fully saturated rings. The van der Waals surface area contributed by atoms with Crippen molar-refractivity contribution in [2.45, 2.75) is 38.7 Å². The van der Waals surface area contributed by atoms with Gasteiger partial charge in [0.2, 0.25) is 0 Å². The maximum absolute atomic E-state index is 13.0. The minimum absolute atomic E-state index is 0.273. The van der Waals surface area contributed by atoms with Gasteiger partial charge in [-0.25, -0.2) is 13.5 Å². The Hall–Kier alpha value is -0.240. The third kappa shape index (κ3) is 5.72. The van der Waals surface area contributed by atoms with Gasteiger partial charge in [0.25, 0.3) is 0 Å². The van der Waals surface area contributed by atoms with Gasteiger partial charge in [-0.2, -0.15) is 17.6 Å². The first-order chi connectivity index (χ1) is 8.64. The summed E-state index contributed by atoms with van der Waals surface area (Å²) in [4.78, 5) is 0. The first-order valence-electron chi connectivity index (χ1n) is 5.55. The Morgan fingerprint density at radius 1 is 1.11 bits per heavy atom. The second kappa shape index (κ2) is 7.52. The molecular formula is C9H16F5O4P. The van der Waals surface area contributed by atoms with Gasteiger partial charge in [0.15, 0.2) is 6.67 Å². The maximum atomic E-state index is 13.0. The quantitative estimate of drug-likeness (QED) is 0.345. The first-order valence-corrected chi connectivity index (χ1v) is 7.01. The molecule has 0 saturated carbocycles. The van der Waals surface area contributed by atoms with Crippen LogP contribution in [0.5, 0.6) is 0 Å². The standard InChI is InChI=1S/C9H16F5O4P/c1-3-5-6-17-19(15,16-4-2)18-9(13,14)8(11,12)7-10/h3-7H2,1-2H3. The van der Waals surface area contributed by atoms with Crippen LogP contribution in [-0.2, 0) is 18.1 Å². The van der Waals surface area contributed by atoms with Gasteiger partial charge in [0.05, 0.1) is 13.2 Å². The highest BCUT2D eigenvalue weighted by molar-refractivity contribution is 7.48. The molecule has 0 spiro atoms. The van der Waals surface area contributed by atoms with Gasteiger partial charge in [-0.05, 0) is 13.3 Å². The molecule has 0 bridgehead atoms. The van der Waals surface area contributed by atoms with E-state index in [1.165, 1.54) is 6.92 Å². The van der Waals surface area contributed by atoms with Crippen molar-refractivity contribution in [3.63, 3.8) is 0 Å². The van der Waals surface area contributed by atoms with Crippen molar-refractivity contribution in [2.75, 3.05) is 19.9 Å². The van der Waals surface area contributed by atoms with E-state index < -0.39 is 26.5 Å². The zero-order chi connectivity index (χ0) is 15.2. The molecule has 0 aromatic heterocycles. The van der Waals surface area contributed by atoms with Crippen molar-refractivity contribution in [3.05, 3.63) is 0 Å². The number of unbranched alkanes of at least 4 members (excludes halogenated alkanes) is 1. The lowest BCUT2D eigenvalue weighted by molar-refractivity contribution is -0.318. The Morgan fingerprint density at radius 2 is 1.68 bits per heavy atom. The Kier molecular flexibility index (Phi) is 7.42. The zero-order valence-electron chi connectivity index (χ0n) is 10.5. The largest absolute Gasteiger partial charge is 0.479 e. The topological polar surface area (TPSA) is 44.8 Å². The highest BCUT2D eigenvalue weighted by atomic mass is 31.2. The molecule has 0 radical (unpaired) electrons. The summed E-state index contributed by atoms with van der Waals surface area (Å²) in [7, 11) is -4.88. The third-order valence-electron chi connectivity index (χ3n) is 1.85. The molecule has 4 nitrogen and oxygen atoms in total. The van der Waals surface area contributed by atoms with E-state index in [1.54, 1.807) is 6.92 Å². The second-order valence-corrected chi connectivity index (χ2v) is 5.09. The molecule has 0 aromatic carbocycles. The van der Waals surface area contributed by atoms with Crippen LogP contribution in [0.3, 0.4) is 0 Å². The minimum atomic E-state index is -5.29. The fourth-order valence-electron chi connectivity index (χ4n) is 0.854. The molecule has 0 amide bonds. The molecule has 0 heterocycles. The van der Waals surface area contributed by atoms with E-state index >= 15 is 0 Å². The van der Waals surface area contributed by atoms with Crippen molar-refractivity contribution in [1.29, 1.82) is 0 Å². The number of alkyl halides is 5. The average molecular weight is 314 g/mol. The monoisotopic (exact) mass is 314 g/mol. The summed E-state index contributed by atoms with van der Waals surface area (Å²) >= 11 is 0. The number of phosphoric ester groups is 1. The molecular weight excluding hydrogens is 298 g/mol. The van der Waals surface area contributed by atoms with Gasteiger partial charge in [0.1, 0.15) is 0 Å². The summed E-state index contributed by atoms with van der Waals surface area (Å²) in [5, 5.41) is 0. The molecule has 0 N–H and O–H groups in total. The van der Waals surface area contributed by atoms with E-state index in [4.69, 9.17) is 0 Å². The van der Waals surface area contributed by atoms with Crippen LogP contribution in [0.15, 0.2) is 0 Å². The molecule has 0 saturated heterocycles. The van der Waals surface area contributed by atoms with Crippen LogP contribution >= 0.6 is 7.82 Å². The highest BCUT2D eigenvalue weighted by Crippen LogP contribution is 2.56. The molecule has 1 unspecified atom stereocenters. The van der Waals surface area contributed by atoms with Crippen LogP contribution in [0, 0.1) is 0 Å². The molecule has 0 rings (SSSR count). The van der Waals surface area contributed by atoms with Gasteiger partial charge < -0.3 is 0 Å². The molecule has 0 aliphatic rings. The third-order valence-corrected chi connectivity index (χ3v) is 3.38. The van der Waals surface area contributed by atoms with Gasteiger partial charge in [-0.3, -0.25) is 9.05 Å². The van der Waals surface area contributed by atoms with E-state index in [1.807, 2.05) is 0 Å². The zero-order valence-corrected chi connectivity index (χ0v) is 11.4. The van der Waals surface area contributed by atoms with Crippen molar-refractivity contribution < 1.29 is 40.1 Å². The average Bonchev–Trinajstić information content (AvgIpc) is 2.28. The summed E-state index contributed by atoms with van der Waals surface area (Å²) < 4.78 is 86.9. The molecule has 1 atom stereocenters. The number of hydrogen-bond acceptors (Lipinski definition) is 4. The molecule has 0 aliphatic carbocycles. The molecule has 116 valence electrons. The Balaban J connectivity index is 4.86. The van der Waals surface area contributed by atoms with E-state index in [-0.39, 0.29) is 13.2 Å². The Labute approximate surface area is 107 Å². The van der Waals surface area contributed by atoms with Crippen LogP contribution in [0.4, 0.5) is 22.0 Å². The van der Waals surface area contributed by atoms with Crippen LogP contribution in [0.2, 0.25) is 0 Å². The number of rotatable bonds is 10. The van der Waals surface area contributed by atoms with Crippen LogP contribution in [-0.4, -0.2) is 31.9 Å². The molecule has 10 heteroatoms. The highest BCUT2D eigenvalue weighted by Gasteiger charge is 2.62. The molecule has 19 heavy (non-hydrogen) atoms. The van der Waals surface area contributed by atoms with Crippen LogP contribution < -0.4 is 0 Å². The number of hydrogen-bond donors (Lipinski definition) is 0. The number of halogens is 5. The van der Waals surface area contributed by atoms with Crippen molar-refractivity contribution in [3.8, 4) is 0 Å². The van der Waals surface area contributed by atoms with Crippen molar-refractivity contribution in [2.24, 2.45) is 0 Å². The predicted octanol–water partition coefficient (Wildman–Crippen LogP) is 4.16. The first kappa shape index (κ1) is 18.8. The summed E-state index contributed by atoms with van der Waals surface area (Å²) in [5.41, 5.74) is 0. The van der Waals surface area contributed by atoms with Crippen molar-refractivity contribution >= 4 is 7.82 Å². The van der Waals surface area contributed by atoms with Crippen molar-refractivity contribution in [1.82, 2.24) is 0 Å². The molecule has 0 aromatic rings. The summed E-state index contributed by atoms with van der Waals surface area (Å²) in [6, 6.07) is 0. The minimum Gasteiger partial charge on any atom is -0.287 e. The molecule has 0 aliphatic heterocycles. The fourth-order valence-corrected chi connectivity index (χ4v) is 2.12. The van der Waals surface area contributed by atoms with Crippen LogP contribution in [0.1, 0.15) is 26.7 Å². The van der Waals surface area contributed by atoms with E-state index in [2.05, 4.69) is 13.6 Å². The lowest BCUT2D eigenvalue weighted by Gasteiger charge is -2.27. The normalized spacial score (nSPS) is 16.4. The fraction of sp³-hybridized carbons (Fsp3) is 1.00. The van der Waals surface area contributed by atoms with E-state index in [0.717, 1.165) is 0 Å². The van der Waals surface area contributed by atoms with E-state index in [9.17, 15) is 26.5 Å². The maximum Gasteiger partial charge on any atom is 0.479 e. The van der Waals surface area contributed by atoms with Gasteiger partial charge in [0, 0.05) is 0 Å². The SMILES string of the molecule is CCCCOP(=O)(OCC)OC(F)(F)C(F)(F)CF. The van der Waals surface area contributed by atoms with Gasteiger partial charge >= 0.3 is 19.9 Å². The Morgan fingerprint density at radius 3 is 2.11 bits per heavy atom. The Bertz CT molecular complexity index is 313. The van der Waals surface area contributed by atoms with Gasteiger partial charge in [-0.15, -0.1) is 0 Å². The lowest BCUT2D eigenvalue weighted by Crippen LogP contribution is -2.44. The smallest absolute Gasteiger partial charge is 0.287 e. The number of phosphoric acid groups is 1. The van der Waals surface area contributed by atoms with Gasteiger partial charge in [-0.1, -0.05) is 13.3 Å². The summed E-state index contributed by atoms with van der Waals surface area (Å²) in [5.74, 6) is -5.12. The van der Waals surface area contributed by atoms with Crippen LogP contribution in [0.25, 0.3) is 0 Å². The predicted molar refractivity (Wildman–Crippen MR) is 57.0 cm³/mol. The summed E-state index contributed by atoms with van der Waals surface area (Å²) in [6.45, 7) is -0.279. The summed E-state index contributed by atoms with van der Waals surface area (Å²) in [6.07, 6.45) is -4.37. The second-order valence-electron chi connectivity index (χ2n) is 3.50. The lowest BCUT2D eigenvalue weighted by atomic mass is 10.3.